The Balaban J connectivity index is 1.59. The Bertz CT molecular complexity index is 1090. The van der Waals surface area contributed by atoms with Crippen molar-refractivity contribution >= 4 is 28.7 Å². The number of nitrogen functional groups attached to an aromatic ring is 1. The molecule has 0 aliphatic carbocycles. The Kier molecular flexibility index (Phi) is 5.56. The second-order valence-corrected chi connectivity index (χ2v) is 7.49. The topological polar surface area (TPSA) is 114 Å². The van der Waals surface area contributed by atoms with Crippen LogP contribution in [0.5, 0.6) is 0 Å². The molecule has 1 saturated heterocycles. The Labute approximate surface area is 174 Å². The Hall–Kier alpha value is -3.55. The predicted octanol–water partition coefficient (Wildman–Crippen LogP) is 2.12. The molecule has 3 aromatic rings. The first-order chi connectivity index (χ1) is 14.5. The van der Waals surface area contributed by atoms with E-state index in [1.807, 2.05) is 42.5 Å². The van der Waals surface area contributed by atoms with Crippen molar-refractivity contribution in [1.29, 1.82) is 0 Å². The molecule has 1 aromatic carbocycles. The number of benzene rings is 1. The number of nitrogens with zero attached hydrogens (tertiary/aromatic N) is 4. The zero-order valence-electron chi connectivity index (χ0n) is 16.8. The van der Waals surface area contributed by atoms with E-state index in [9.17, 15) is 9.59 Å². The van der Waals surface area contributed by atoms with Crippen molar-refractivity contribution in [2.24, 2.45) is 0 Å². The van der Waals surface area contributed by atoms with E-state index < -0.39 is 0 Å². The molecule has 1 fully saturated rings. The zero-order valence-corrected chi connectivity index (χ0v) is 16.8. The van der Waals surface area contributed by atoms with Crippen molar-refractivity contribution in [2.75, 3.05) is 25.4 Å². The van der Waals surface area contributed by atoms with Crippen LogP contribution in [-0.2, 0) is 9.59 Å². The van der Waals surface area contributed by atoms with Gasteiger partial charge in [-0.2, -0.15) is 0 Å². The SMILES string of the molecule is CC(=O)NCC(=O)N1CCC[C@H](c2ccc3c(N)nc(-c4ccccc4)nc3n2)C1. The molecule has 1 aliphatic heterocycles. The summed E-state index contributed by atoms with van der Waals surface area (Å²) in [5.41, 5.74) is 8.49. The summed E-state index contributed by atoms with van der Waals surface area (Å²) in [7, 11) is 0. The third kappa shape index (κ3) is 4.22. The van der Waals surface area contributed by atoms with Gasteiger partial charge in [-0.3, -0.25) is 9.59 Å². The molecule has 0 saturated carbocycles. The maximum atomic E-state index is 12.4. The molecule has 3 heterocycles. The number of amides is 2. The lowest BCUT2D eigenvalue weighted by atomic mass is 9.94. The summed E-state index contributed by atoms with van der Waals surface area (Å²) in [6, 6.07) is 13.5. The molecule has 0 unspecified atom stereocenters. The van der Waals surface area contributed by atoms with Gasteiger partial charge in [0.15, 0.2) is 11.5 Å². The summed E-state index contributed by atoms with van der Waals surface area (Å²) in [6.07, 6.45) is 1.83. The maximum Gasteiger partial charge on any atom is 0.241 e. The van der Waals surface area contributed by atoms with Crippen molar-refractivity contribution in [1.82, 2.24) is 25.2 Å². The lowest BCUT2D eigenvalue weighted by Gasteiger charge is -2.32. The highest BCUT2D eigenvalue weighted by Crippen LogP contribution is 2.28. The number of pyridine rings is 1. The van der Waals surface area contributed by atoms with Gasteiger partial charge in [-0.15, -0.1) is 0 Å². The predicted molar refractivity (Wildman–Crippen MR) is 114 cm³/mol. The Morgan fingerprint density at radius 2 is 1.93 bits per heavy atom. The number of hydrogen-bond acceptors (Lipinski definition) is 6. The minimum Gasteiger partial charge on any atom is -0.383 e. The van der Waals surface area contributed by atoms with Crippen LogP contribution in [0.3, 0.4) is 0 Å². The first-order valence-electron chi connectivity index (χ1n) is 10.0. The summed E-state index contributed by atoms with van der Waals surface area (Å²) >= 11 is 0. The van der Waals surface area contributed by atoms with Gasteiger partial charge in [0, 0.05) is 37.2 Å². The van der Waals surface area contributed by atoms with Gasteiger partial charge in [0.05, 0.1) is 11.9 Å². The number of anilines is 1. The van der Waals surface area contributed by atoms with Gasteiger partial charge in [-0.05, 0) is 25.0 Å². The van der Waals surface area contributed by atoms with Gasteiger partial charge in [-0.1, -0.05) is 30.3 Å². The molecule has 0 radical (unpaired) electrons. The second-order valence-electron chi connectivity index (χ2n) is 7.49. The highest BCUT2D eigenvalue weighted by molar-refractivity contribution is 5.87. The van der Waals surface area contributed by atoms with Crippen molar-refractivity contribution in [2.45, 2.75) is 25.7 Å². The quantitative estimate of drug-likeness (QED) is 0.688. The van der Waals surface area contributed by atoms with Crippen LogP contribution in [0.1, 0.15) is 31.4 Å². The molecule has 3 N–H and O–H groups in total. The van der Waals surface area contributed by atoms with Crippen LogP contribution >= 0.6 is 0 Å². The standard InChI is InChI=1S/C22H24N6O2/c1-14(29)24-12-19(30)28-11-5-8-16(13-28)18-10-9-17-20(23)26-21(27-22(17)25-18)15-6-3-2-4-7-15/h2-4,6-7,9-10,16H,5,8,11-13H2,1H3,(H,24,29)(H2,23,25,26,27)/t16-/m0/s1. The van der Waals surface area contributed by atoms with Crippen LogP contribution in [0, 0.1) is 0 Å². The first kappa shape index (κ1) is 19.8. The van der Waals surface area contributed by atoms with E-state index in [4.69, 9.17) is 10.7 Å². The van der Waals surface area contributed by atoms with E-state index in [-0.39, 0.29) is 24.3 Å². The summed E-state index contributed by atoms with van der Waals surface area (Å²) in [4.78, 5) is 39.1. The summed E-state index contributed by atoms with van der Waals surface area (Å²) in [5.74, 6) is 0.767. The molecule has 154 valence electrons. The average Bonchev–Trinajstić information content (AvgIpc) is 2.77. The smallest absolute Gasteiger partial charge is 0.241 e. The third-order valence-electron chi connectivity index (χ3n) is 5.32. The van der Waals surface area contributed by atoms with Gasteiger partial charge < -0.3 is 16.0 Å². The summed E-state index contributed by atoms with van der Waals surface area (Å²) < 4.78 is 0. The molecule has 0 spiro atoms. The van der Waals surface area contributed by atoms with Crippen LogP contribution < -0.4 is 11.1 Å². The second kappa shape index (κ2) is 8.44. The molecular weight excluding hydrogens is 380 g/mol. The van der Waals surface area contributed by atoms with Crippen LogP contribution in [0.4, 0.5) is 5.82 Å². The fourth-order valence-corrected chi connectivity index (χ4v) is 3.75. The molecule has 0 bridgehead atoms. The van der Waals surface area contributed by atoms with Gasteiger partial charge in [0.1, 0.15) is 5.82 Å². The molecular formula is C22H24N6O2. The summed E-state index contributed by atoms with van der Waals surface area (Å²) in [6.45, 7) is 2.69. The normalized spacial score (nSPS) is 16.4. The monoisotopic (exact) mass is 404 g/mol. The molecule has 2 aromatic heterocycles. The van der Waals surface area contributed by atoms with Crippen LogP contribution in [-0.4, -0.2) is 51.3 Å². The number of rotatable bonds is 4. The van der Waals surface area contributed by atoms with E-state index in [0.717, 1.165) is 24.1 Å². The zero-order chi connectivity index (χ0) is 21.1. The van der Waals surface area contributed by atoms with Gasteiger partial charge in [0.25, 0.3) is 0 Å². The molecule has 1 aliphatic rings. The third-order valence-corrected chi connectivity index (χ3v) is 5.32. The number of nitrogens with two attached hydrogens (primary N) is 1. The van der Waals surface area contributed by atoms with Gasteiger partial charge in [0.2, 0.25) is 11.8 Å². The number of likely N-dealkylation sites (tertiary alicyclic amines) is 1. The van der Waals surface area contributed by atoms with Crippen molar-refractivity contribution in [3.8, 4) is 11.4 Å². The molecule has 2 amide bonds. The highest BCUT2D eigenvalue weighted by Gasteiger charge is 2.26. The van der Waals surface area contributed by atoms with Crippen LogP contribution in [0.15, 0.2) is 42.5 Å². The number of fused-ring (bicyclic) bond motifs is 1. The van der Waals surface area contributed by atoms with Crippen molar-refractivity contribution in [3.05, 3.63) is 48.2 Å². The average molecular weight is 404 g/mol. The van der Waals surface area contributed by atoms with Crippen molar-refractivity contribution < 1.29 is 9.59 Å². The number of hydrogen-bond donors (Lipinski definition) is 2. The number of nitrogens with one attached hydrogen (secondary N) is 1. The van der Waals surface area contributed by atoms with E-state index in [0.29, 0.717) is 35.8 Å². The fourth-order valence-electron chi connectivity index (χ4n) is 3.75. The van der Waals surface area contributed by atoms with Crippen molar-refractivity contribution in [3.63, 3.8) is 0 Å². The van der Waals surface area contributed by atoms with E-state index in [1.165, 1.54) is 6.92 Å². The number of carbonyl (C=O) groups is 2. The largest absolute Gasteiger partial charge is 0.383 e. The Morgan fingerprint density at radius 3 is 2.70 bits per heavy atom. The first-order valence-corrected chi connectivity index (χ1v) is 10.0. The minimum atomic E-state index is -0.209. The minimum absolute atomic E-state index is 0.0252. The number of piperidine rings is 1. The molecule has 8 heteroatoms. The van der Waals surface area contributed by atoms with Crippen LogP contribution in [0.25, 0.3) is 22.4 Å². The summed E-state index contributed by atoms with van der Waals surface area (Å²) in [5, 5.41) is 3.29. The van der Waals surface area contributed by atoms with Crippen LogP contribution in [0.2, 0.25) is 0 Å². The lowest BCUT2D eigenvalue weighted by molar-refractivity contribution is -0.133. The molecule has 4 rings (SSSR count). The molecule has 8 nitrogen and oxygen atoms in total. The van der Waals surface area contributed by atoms with Gasteiger partial charge in [-0.25, -0.2) is 15.0 Å². The number of carbonyl (C=O) groups excluding carboxylic acids is 2. The van der Waals surface area contributed by atoms with E-state index in [2.05, 4.69) is 15.3 Å². The van der Waals surface area contributed by atoms with Gasteiger partial charge >= 0.3 is 0 Å². The molecule has 30 heavy (non-hydrogen) atoms. The number of aromatic nitrogens is 3. The fraction of sp³-hybridized carbons (Fsp3) is 0.318. The molecule has 1 atom stereocenters. The van der Waals surface area contributed by atoms with E-state index in [1.54, 1.807) is 4.90 Å². The lowest BCUT2D eigenvalue weighted by Crippen LogP contribution is -2.44. The van der Waals surface area contributed by atoms with E-state index >= 15 is 0 Å². The Morgan fingerprint density at radius 1 is 1.13 bits per heavy atom. The maximum absolute atomic E-state index is 12.4. The highest BCUT2D eigenvalue weighted by atomic mass is 16.2.